The summed E-state index contributed by atoms with van der Waals surface area (Å²) in [6.45, 7) is 0.311. The zero-order valence-corrected chi connectivity index (χ0v) is 12.5. The van der Waals surface area contributed by atoms with Gasteiger partial charge in [0.05, 0.1) is 0 Å². The molecule has 0 fully saturated rings. The number of nitrogens with one attached hydrogen (secondary N) is 1. The maximum absolute atomic E-state index is 13.1. The summed E-state index contributed by atoms with van der Waals surface area (Å²) in [6.07, 6.45) is 0. The molecule has 5 heteroatoms. The average molecular weight is 300 g/mol. The van der Waals surface area contributed by atoms with Gasteiger partial charge in [-0.3, -0.25) is 9.59 Å². The van der Waals surface area contributed by atoms with E-state index in [4.69, 9.17) is 0 Å². The second-order valence-electron chi connectivity index (χ2n) is 5.09. The van der Waals surface area contributed by atoms with Crippen LogP contribution in [0.2, 0.25) is 0 Å². The number of hydrogen-bond donors (Lipinski definition) is 1. The first-order valence-corrected chi connectivity index (χ1v) is 6.82. The molecule has 114 valence electrons. The Kier molecular flexibility index (Phi) is 4.88. The molecule has 2 aromatic rings. The van der Waals surface area contributed by atoms with Crippen molar-refractivity contribution in [1.29, 1.82) is 0 Å². The number of carbonyl (C=O) groups excluding carboxylic acids is 2. The van der Waals surface area contributed by atoms with Crippen molar-refractivity contribution in [3.63, 3.8) is 0 Å². The summed E-state index contributed by atoms with van der Waals surface area (Å²) in [6, 6.07) is 12.5. The quantitative estimate of drug-likeness (QED) is 0.943. The molecule has 0 radical (unpaired) electrons. The number of rotatable bonds is 4. The van der Waals surface area contributed by atoms with Gasteiger partial charge in [0.15, 0.2) is 0 Å². The molecule has 0 spiro atoms. The summed E-state index contributed by atoms with van der Waals surface area (Å²) >= 11 is 0. The van der Waals surface area contributed by atoms with Crippen molar-refractivity contribution in [3.05, 3.63) is 71.0 Å². The predicted octanol–water partition coefficient (Wildman–Crippen LogP) is 2.46. The topological polar surface area (TPSA) is 49.4 Å². The average Bonchev–Trinajstić information content (AvgIpc) is 2.52. The fourth-order valence-corrected chi connectivity index (χ4v) is 1.94. The molecular formula is C17H17FN2O2. The van der Waals surface area contributed by atoms with Crippen molar-refractivity contribution >= 4 is 11.8 Å². The maximum atomic E-state index is 13.1. The van der Waals surface area contributed by atoms with Crippen molar-refractivity contribution in [1.82, 2.24) is 10.2 Å². The largest absolute Gasteiger partial charge is 0.348 e. The van der Waals surface area contributed by atoms with E-state index in [2.05, 4.69) is 5.32 Å². The van der Waals surface area contributed by atoms with Gasteiger partial charge in [-0.2, -0.15) is 0 Å². The third kappa shape index (κ3) is 3.91. The minimum absolute atomic E-state index is 0.0738. The van der Waals surface area contributed by atoms with Gasteiger partial charge in [-0.25, -0.2) is 4.39 Å². The maximum Gasteiger partial charge on any atom is 0.253 e. The van der Waals surface area contributed by atoms with Gasteiger partial charge in [-0.1, -0.05) is 18.2 Å². The van der Waals surface area contributed by atoms with Crippen LogP contribution >= 0.6 is 0 Å². The molecule has 0 bridgehead atoms. The standard InChI is InChI=1S/C17H17FN2O2/c1-20(2)17(22)13-8-6-12(7-9-13)11-19-16(21)14-4-3-5-15(18)10-14/h3-10H,11H2,1-2H3,(H,19,21). The summed E-state index contributed by atoms with van der Waals surface area (Å²) < 4.78 is 13.1. The van der Waals surface area contributed by atoms with Gasteiger partial charge < -0.3 is 10.2 Å². The molecule has 0 aliphatic carbocycles. The second kappa shape index (κ2) is 6.85. The Morgan fingerprint density at radius 1 is 1.05 bits per heavy atom. The molecule has 0 aromatic heterocycles. The van der Waals surface area contributed by atoms with Crippen molar-refractivity contribution < 1.29 is 14.0 Å². The Morgan fingerprint density at radius 2 is 1.73 bits per heavy atom. The van der Waals surface area contributed by atoms with Crippen molar-refractivity contribution in [2.45, 2.75) is 6.54 Å². The van der Waals surface area contributed by atoms with Gasteiger partial charge >= 0.3 is 0 Å². The van der Waals surface area contributed by atoms with Gasteiger partial charge in [0.25, 0.3) is 11.8 Å². The second-order valence-corrected chi connectivity index (χ2v) is 5.09. The number of nitrogens with zero attached hydrogens (tertiary/aromatic N) is 1. The van der Waals surface area contributed by atoms with Crippen LogP contribution in [0.15, 0.2) is 48.5 Å². The molecule has 0 aliphatic heterocycles. The molecule has 22 heavy (non-hydrogen) atoms. The van der Waals surface area contributed by atoms with E-state index in [9.17, 15) is 14.0 Å². The Labute approximate surface area is 128 Å². The van der Waals surface area contributed by atoms with Crippen LogP contribution in [0.3, 0.4) is 0 Å². The number of carbonyl (C=O) groups is 2. The number of hydrogen-bond acceptors (Lipinski definition) is 2. The fraction of sp³-hybridized carbons (Fsp3) is 0.176. The first-order chi connectivity index (χ1) is 10.5. The highest BCUT2D eigenvalue weighted by molar-refractivity contribution is 5.94. The fourth-order valence-electron chi connectivity index (χ4n) is 1.94. The highest BCUT2D eigenvalue weighted by Crippen LogP contribution is 2.07. The van der Waals surface area contributed by atoms with Crippen LogP contribution in [0.1, 0.15) is 26.3 Å². The number of benzene rings is 2. The number of halogens is 1. The van der Waals surface area contributed by atoms with Crippen LogP contribution in [0, 0.1) is 5.82 Å². The summed E-state index contributed by atoms with van der Waals surface area (Å²) in [4.78, 5) is 25.2. The molecule has 2 aromatic carbocycles. The Balaban J connectivity index is 1.97. The molecule has 1 N–H and O–H groups in total. The van der Waals surface area contributed by atoms with Crippen molar-refractivity contribution in [2.24, 2.45) is 0 Å². The van der Waals surface area contributed by atoms with Crippen LogP contribution in [-0.2, 0) is 6.54 Å². The Morgan fingerprint density at radius 3 is 2.32 bits per heavy atom. The van der Waals surface area contributed by atoms with Gasteiger partial charge in [-0.15, -0.1) is 0 Å². The van der Waals surface area contributed by atoms with Crippen molar-refractivity contribution in [3.8, 4) is 0 Å². The molecular weight excluding hydrogens is 283 g/mol. The molecule has 2 rings (SSSR count). The predicted molar refractivity (Wildman–Crippen MR) is 82.0 cm³/mol. The van der Waals surface area contributed by atoms with E-state index in [-0.39, 0.29) is 17.4 Å². The van der Waals surface area contributed by atoms with E-state index >= 15 is 0 Å². The minimum Gasteiger partial charge on any atom is -0.348 e. The molecule has 0 saturated heterocycles. The van der Waals surface area contributed by atoms with E-state index in [1.165, 1.54) is 23.1 Å². The molecule has 0 unspecified atom stereocenters. The molecule has 2 amide bonds. The van der Waals surface area contributed by atoms with E-state index in [0.29, 0.717) is 12.1 Å². The minimum atomic E-state index is -0.445. The molecule has 0 saturated carbocycles. The lowest BCUT2D eigenvalue weighted by Crippen LogP contribution is -2.23. The van der Waals surface area contributed by atoms with Crippen LogP contribution < -0.4 is 5.32 Å². The molecule has 0 aliphatic rings. The Hall–Kier alpha value is -2.69. The normalized spacial score (nSPS) is 10.1. The summed E-state index contributed by atoms with van der Waals surface area (Å²) in [5.74, 6) is -0.859. The first kappa shape index (κ1) is 15.7. The zero-order valence-electron chi connectivity index (χ0n) is 12.5. The van der Waals surface area contributed by atoms with E-state index in [0.717, 1.165) is 5.56 Å². The first-order valence-electron chi connectivity index (χ1n) is 6.82. The highest BCUT2D eigenvalue weighted by Gasteiger charge is 2.08. The van der Waals surface area contributed by atoms with Gasteiger partial charge in [-0.05, 0) is 35.9 Å². The van der Waals surface area contributed by atoms with Gasteiger partial charge in [0, 0.05) is 31.8 Å². The monoisotopic (exact) mass is 300 g/mol. The number of amides is 2. The van der Waals surface area contributed by atoms with Crippen LogP contribution in [0.5, 0.6) is 0 Å². The van der Waals surface area contributed by atoms with Crippen LogP contribution in [0.4, 0.5) is 4.39 Å². The van der Waals surface area contributed by atoms with Crippen LogP contribution in [0.25, 0.3) is 0 Å². The van der Waals surface area contributed by atoms with E-state index < -0.39 is 5.82 Å². The Bertz CT molecular complexity index is 681. The van der Waals surface area contributed by atoms with E-state index in [1.807, 2.05) is 0 Å². The summed E-state index contributed by atoms with van der Waals surface area (Å²) in [7, 11) is 3.38. The molecule has 0 atom stereocenters. The third-order valence-corrected chi connectivity index (χ3v) is 3.15. The third-order valence-electron chi connectivity index (χ3n) is 3.15. The highest BCUT2D eigenvalue weighted by atomic mass is 19.1. The van der Waals surface area contributed by atoms with Gasteiger partial charge in [0.2, 0.25) is 0 Å². The molecule has 4 nitrogen and oxygen atoms in total. The smallest absolute Gasteiger partial charge is 0.253 e. The lowest BCUT2D eigenvalue weighted by atomic mass is 10.1. The lowest BCUT2D eigenvalue weighted by molar-refractivity contribution is 0.0827. The van der Waals surface area contributed by atoms with E-state index in [1.54, 1.807) is 44.4 Å². The summed E-state index contributed by atoms with van der Waals surface area (Å²) in [5, 5.41) is 2.71. The lowest BCUT2D eigenvalue weighted by Gasteiger charge is -2.11. The summed E-state index contributed by atoms with van der Waals surface area (Å²) in [5.41, 5.74) is 1.73. The molecule has 0 heterocycles. The van der Waals surface area contributed by atoms with Crippen LogP contribution in [-0.4, -0.2) is 30.8 Å². The zero-order chi connectivity index (χ0) is 16.1. The van der Waals surface area contributed by atoms with Crippen molar-refractivity contribution in [2.75, 3.05) is 14.1 Å². The van der Waals surface area contributed by atoms with Gasteiger partial charge in [0.1, 0.15) is 5.82 Å². The SMILES string of the molecule is CN(C)C(=O)c1ccc(CNC(=O)c2cccc(F)c2)cc1.